The lowest BCUT2D eigenvalue weighted by molar-refractivity contribution is 0.0463. The second-order valence-electron chi connectivity index (χ2n) is 2.90. The molecule has 4 nitrogen and oxygen atoms in total. The molecule has 0 atom stereocenters. The molecule has 1 N–H and O–H groups in total. The minimum atomic E-state index is 0.535. The first-order valence-corrected chi connectivity index (χ1v) is 4.73. The highest BCUT2D eigenvalue weighted by Crippen LogP contribution is 2.18. The molecule has 0 heterocycles. The van der Waals surface area contributed by atoms with Gasteiger partial charge in [-0.25, -0.2) is 0 Å². The van der Waals surface area contributed by atoms with E-state index in [1.54, 1.807) is 19.2 Å². The van der Waals surface area contributed by atoms with E-state index in [1.165, 1.54) is 0 Å². The van der Waals surface area contributed by atoms with Crippen molar-refractivity contribution < 1.29 is 9.57 Å². The molecule has 0 saturated heterocycles. The molecule has 0 radical (unpaired) electrons. The van der Waals surface area contributed by atoms with Gasteiger partial charge in [0.05, 0.1) is 19.3 Å². The zero-order valence-electron chi connectivity index (χ0n) is 8.91. The van der Waals surface area contributed by atoms with E-state index in [2.05, 4.69) is 11.5 Å². The molecule has 1 rings (SSSR count). The van der Waals surface area contributed by atoms with Crippen molar-refractivity contribution in [3.8, 4) is 11.8 Å². The average Bonchev–Trinajstić information content (AvgIpc) is 2.29. The first-order chi connectivity index (χ1) is 7.31. The largest absolute Gasteiger partial charge is 0.495 e. The van der Waals surface area contributed by atoms with Crippen molar-refractivity contribution in [1.29, 1.82) is 5.26 Å². The number of hydrogen-bond donors (Lipinski definition) is 1. The second-order valence-corrected chi connectivity index (χ2v) is 2.90. The van der Waals surface area contributed by atoms with Gasteiger partial charge in [0, 0.05) is 6.54 Å². The molecule has 0 aliphatic rings. The second kappa shape index (κ2) is 6.02. The summed E-state index contributed by atoms with van der Waals surface area (Å²) in [6, 6.07) is 7.54. The van der Waals surface area contributed by atoms with Crippen LogP contribution in [0.4, 0.5) is 0 Å². The standard InChI is InChI=1S/C11H14N2O2/c1-3-15-13-8-9-4-5-11(14-2)10(6-9)7-12/h4-6,13H,3,8H2,1-2H3. The molecule has 0 aromatic heterocycles. The molecule has 0 amide bonds. The average molecular weight is 206 g/mol. The van der Waals surface area contributed by atoms with Gasteiger partial charge in [0.15, 0.2) is 0 Å². The van der Waals surface area contributed by atoms with Crippen molar-refractivity contribution in [3.05, 3.63) is 29.3 Å². The van der Waals surface area contributed by atoms with Crippen LogP contribution < -0.4 is 10.2 Å². The van der Waals surface area contributed by atoms with Crippen molar-refractivity contribution in [1.82, 2.24) is 5.48 Å². The van der Waals surface area contributed by atoms with Gasteiger partial charge in [-0.2, -0.15) is 10.7 Å². The summed E-state index contributed by atoms with van der Waals surface area (Å²) >= 11 is 0. The highest BCUT2D eigenvalue weighted by Gasteiger charge is 2.02. The topological polar surface area (TPSA) is 54.3 Å². The normalized spacial score (nSPS) is 9.67. The number of hydroxylamine groups is 1. The Kier molecular flexibility index (Phi) is 4.61. The van der Waals surface area contributed by atoms with E-state index in [9.17, 15) is 0 Å². The van der Waals surface area contributed by atoms with Crippen molar-refractivity contribution in [3.63, 3.8) is 0 Å². The van der Waals surface area contributed by atoms with E-state index in [0.29, 0.717) is 24.5 Å². The molecule has 0 saturated carbocycles. The zero-order valence-corrected chi connectivity index (χ0v) is 8.91. The molecule has 0 spiro atoms. The first-order valence-electron chi connectivity index (χ1n) is 4.73. The van der Waals surface area contributed by atoms with Gasteiger partial charge in [-0.15, -0.1) is 0 Å². The fourth-order valence-corrected chi connectivity index (χ4v) is 1.19. The molecule has 0 unspecified atom stereocenters. The van der Waals surface area contributed by atoms with Crippen molar-refractivity contribution >= 4 is 0 Å². The number of nitriles is 1. The van der Waals surface area contributed by atoms with Crippen LogP contribution in [-0.4, -0.2) is 13.7 Å². The van der Waals surface area contributed by atoms with E-state index in [4.69, 9.17) is 14.8 Å². The number of hydrogen-bond acceptors (Lipinski definition) is 4. The Labute approximate surface area is 89.4 Å². The molecule has 0 fully saturated rings. The molecule has 1 aromatic carbocycles. The van der Waals surface area contributed by atoms with Gasteiger partial charge in [0.2, 0.25) is 0 Å². The van der Waals surface area contributed by atoms with Gasteiger partial charge >= 0.3 is 0 Å². The van der Waals surface area contributed by atoms with Gasteiger partial charge in [0.1, 0.15) is 11.8 Å². The zero-order chi connectivity index (χ0) is 11.1. The third kappa shape index (κ3) is 3.24. The molecule has 4 heteroatoms. The molecule has 0 aliphatic carbocycles. The van der Waals surface area contributed by atoms with E-state index < -0.39 is 0 Å². The Hall–Kier alpha value is -1.57. The monoisotopic (exact) mass is 206 g/mol. The summed E-state index contributed by atoms with van der Waals surface area (Å²) in [5.41, 5.74) is 4.31. The van der Waals surface area contributed by atoms with Crippen LogP contribution in [0.5, 0.6) is 5.75 Å². The highest BCUT2D eigenvalue weighted by atomic mass is 16.6. The highest BCUT2D eigenvalue weighted by molar-refractivity contribution is 5.45. The van der Waals surface area contributed by atoms with Crippen molar-refractivity contribution in [2.45, 2.75) is 13.5 Å². The van der Waals surface area contributed by atoms with Crippen LogP contribution in [0.1, 0.15) is 18.1 Å². The maximum atomic E-state index is 8.86. The first kappa shape index (κ1) is 11.5. The van der Waals surface area contributed by atoms with Crippen LogP contribution >= 0.6 is 0 Å². The summed E-state index contributed by atoms with van der Waals surface area (Å²) in [7, 11) is 1.55. The third-order valence-electron chi connectivity index (χ3n) is 1.91. The number of nitrogens with one attached hydrogen (secondary N) is 1. The van der Waals surface area contributed by atoms with Gasteiger partial charge < -0.3 is 9.57 Å². The van der Waals surface area contributed by atoms with Gasteiger partial charge in [0.25, 0.3) is 0 Å². The Bertz CT molecular complexity index is 358. The Morgan fingerprint density at radius 3 is 2.87 bits per heavy atom. The summed E-state index contributed by atoms with van der Waals surface area (Å²) in [5, 5.41) is 8.86. The smallest absolute Gasteiger partial charge is 0.136 e. The lowest BCUT2D eigenvalue weighted by Gasteiger charge is -2.06. The van der Waals surface area contributed by atoms with Crippen LogP contribution in [0.2, 0.25) is 0 Å². The predicted octanol–water partition coefficient (Wildman–Crippen LogP) is 1.61. The number of methoxy groups -OCH3 is 1. The van der Waals surface area contributed by atoms with Gasteiger partial charge in [-0.05, 0) is 24.6 Å². The van der Waals surface area contributed by atoms with Gasteiger partial charge in [-0.3, -0.25) is 0 Å². The summed E-state index contributed by atoms with van der Waals surface area (Å²) in [6.07, 6.45) is 0. The fourth-order valence-electron chi connectivity index (χ4n) is 1.19. The number of rotatable bonds is 5. The Balaban J connectivity index is 2.71. The molecular formula is C11H14N2O2. The van der Waals surface area contributed by atoms with E-state index in [1.807, 2.05) is 13.0 Å². The minimum absolute atomic E-state index is 0.535. The van der Waals surface area contributed by atoms with Crippen LogP contribution in [0.15, 0.2) is 18.2 Å². The summed E-state index contributed by atoms with van der Waals surface area (Å²) < 4.78 is 5.04. The lowest BCUT2D eigenvalue weighted by atomic mass is 10.1. The number of benzene rings is 1. The van der Waals surface area contributed by atoms with E-state index in [0.717, 1.165) is 5.56 Å². The van der Waals surface area contributed by atoms with E-state index >= 15 is 0 Å². The lowest BCUT2D eigenvalue weighted by Crippen LogP contribution is -2.13. The Morgan fingerprint density at radius 2 is 2.27 bits per heavy atom. The third-order valence-corrected chi connectivity index (χ3v) is 1.91. The molecule has 1 aromatic rings. The van der Waals surface area contributed by atoms with Crippen molar-refractivity contribution in [2.24, 2.45) is 0 Å². The quantitative estimate of drug-likeness (QED) is 0.587. The summed E-state index contributed by atoms with van der Waals surface area (Å²) in [5.74, 6) is 0.595. The van der Waals surface area contributed by atoms with Crippen molar-refractivity contribution in [2.75, 3.05) is 13.7 Å². The maximum Gasteiger partial charge on any atom is 0.136 e. The number of ether oxygens (including phenoxy) is 1. The molecular weight excluding hydrogens is 192 g/mol. The molecule has 80 valence electrons. The minimum Gasteiger partial charge on any atom is -0.495 e. The SMILES string of the molecule is CCONCc1ccc(OC)c(C#N)c1. The van der Waals surface area contributed by atoms with E-state index in [-0.39, 0.29) is 0 Å². The molecule has 0 bridgehead atoms. The molecule has 0 aliphatic heterocycles. The van der Waals surface area contributed by atoms with Crippen LogP contribution in [0.25, 0.3) is 0 Å². The molecule has 15 heavy (non-hydrogen) atoms. The van der Waals surface area contributed by atoms with Crippen LogP contribution in [0.3, 0.4) is 0 Å². The predicted molar refractivity (Wildman–Crippen MR) is 56.2 cm³/mol. The fraction of sp³-hybridized carbons (Fsp3) is 0.364. The summed E-state index contributed by atoms with van der Waals surface area (Å²) in [4.78, 5) is 5.00. The summed E-state index contributed by atoms with van der Waals surface area (Å²) in [6.45, 7) is 3.09. The maximum absolute atomic E-state index is 8.86. The van der Waals surface area contributed by atoms with Gasteiger partial charge in [-0.1, -0.05) is 6.07 Å². The Morgan fingerprint density at radius 1 is 1.47 bits per heavy atom. The van der Waals surface area contributed by atoms with Crippen LogP contribution in [-0.2, 0) is 11.4 Å². The van der Waals surface area contributed by atoms with Crippen LogP contribution in [0, 0.1) is 11.3 Å². The number of nitrogens with zero attached hydrogens (tertiary/aromatic N) is 1.